The number of rotatable bonds is 11. The molecule has 1 amide bonds. The Bertz CT molecular complexity index is 1100. The van der Waals surface area contributed by atoms with Crippen LogP contribution in [0.5, 0.6) is 11.5 Å². The van der Waals surface area contributed by atoms with Gasteiger partial charge in [-0.2, -0.15) is 0 Å². The molecule has 0 saturated carbocycles. The number of ether oxygens (including phenoxy) is 3. The van der Waals surface area contributed by atoms with Gasteiger partial charge >= 0.3 is 0 Å². The van der Waals surface area contributed by atoms with Crippen LogP contribution in [-0.2, 0) is 19.6 Å². The van der Waals surface area contributed by atoms with E-state index in [4.69, 9.17) is 14.2 Å². The third-order valence-corrected chi connectivity index (χ3v) is 7.57. The van der Waals surface area contributed by atoms with Crippen molar-refractivity contribution < 1.29 is 27.4 Å². The second-order valence-electron chi connectivity index (χ2n) is 8.53. The molecule has 1 fully saturated rings. The van der Waals surface area contributed by atoms with E-state index in [0.29, 0.717) is 23.7 Å². The Morgan fingerprint density at radius 2 is 1.69 bits per heavy atom. The molecule has 1 saturated heterocycles. The zero-order valence-corrected chi connectivity index (χ0v) is 21.7. The number of hydrogen-bond acceptors (Lipinski definition) is 7. The van der Waals surface area contributed by atoms with Crippen molar-refractivity contribution in [2.45, 2.75) is 25.2 Å². The molecule has 9 nitrogen and oxygen atoms in total. The Labute approximate surface area is 208 Å². The lowest BCUT2D eigenvalue weighted by molar-refractivity contribution is -0.119. The number of anilines is 1. The van der Waals surface area contributed by atoms with E-state index in [1.807, 2.05) is 19.9 Å². The van der Waals surface area contributed by atoms with Gasteiger partial charge in [-0.05, 0) is 62.2 Å². The molecule has 1 aliphatic rings. The number of nitrogens with zero attached hydrogens (tertiary/aromatic N) is 2. The monoisotopic (exact) mass is 505 g/mol. The van der Waals surface area contributed by atoms with Gasteiger partial charge in [-0.25, -0.2) is 8.42 Å². The first-order chi connectivity index (χ1) is 16.7. The summed E-state index contributed by atoms with van der Waals surface area (Å²) in [5.74, 6) is 0.346. The Kier molecular flexibility index (Phi) is 9.36. The fraction of sp³-hybridized carbons (Fsp3) is 0.480. The first-order valence-electron chi connectivity index (χ1n) is 11.6. The quantitative estimate of drug-likeness (QED) is 0.468. The highest BCUT2D eigenvalue weighted by Gasteiger charge is 2.28. The predicted molar refractivity (Wildman–Crippen MR) is 135 cm³/mol. The minimum atomic E-state index is -4.07. The van der Waals surface area contributed by atoms with E-state index < -0.39 is 10.0 Å². The summed E-state index contributed by atoms with van der Waals surface area (Å²) in [7, 11) is -1.15. The lowest BCUT2D eigenvalue weighted by Gasteiger charge is -2.27. The fourth-order valence-corrected chi connectivity index (χ4v) is 5.48. The molecular formula is C25H35N3O6S. The second-order valence-corrected chi connectivity index (χ2v) is 10.4. The number of morpholine rings is 1. The van der Waals surface area contributed by atoms with Gasteiger partial charge in [0, 0.05) is 25.7 Å². The highest BCUT2D eigenvalue weighted by molar-refractivity contribution is 7.92. The van der Waals surface area contributed by atoms with E-state index in [0.717, 1.165) is 54.7 Å². The molecule has 1 aliphatic heterocycles. The van der Waals surface area contributed by atoms with Crippen LogP contribution in [0.1, 0.15) is 17.5 Å². The average Bonchev–Trinajstić information content (AvgIpc) is 2.84. The van der Waals surface area contributed by atoms with Gasteiger partial charge in [0.1, 0.15) is 6.54 Å². The maximum Gasteiger partial charge on any atom is 0.264 e. The number of carbonyl (C=O) groups excluding carboxylic acids is 1. The van der Waals surface area contributed by atoms with Crippen LogP contribution in [0.4, 0.5) is 5.69 Å². The molecule has 35 heavy (non-hydrogen) atoms. The van der Waals surface area contributed by atoms with Crippen molar-refractivity contribution in [3.05, 3.63) is 47.5 Å². The Balaban J connectivity index is 1.79. The lowest BCUT2D eigenvalue weighted by Crippen LogP contribution is -2.42. The molecule has 2 aromatic rings. The number of amides is 1. The summed E-state index contributed by atoms with van der Waals surface area (Å²) in [5.41, 5.74) is 2.23. The van der Waals surface area contributed by atoms with E-state index in [1.54, 1.807) is 12.1 Å². The Hall–Kier alpha value is -2.82. The summed E-state index contributed by atoms with van der Waals surface area (Å²) in [6.07, 6.45) is 0.776. The van der Waals surface area contributed by atoms with Crippen molar-refractivity contribution in [2.24, 2.45) is 0 Å². The SMILES string of the molecule is COc1ccc(S(=O)(=O)N(CC(=O)NCCCN2CCOCC2)c2cc(C)cc(C)c2)cc1OC. The largest absolute Gasteiger partial charge is 0.493 e. The third-order valence-electron chi connectivity index (χ3n) is 5.80. The molecule has 0 spiro atoms. The van der Waals surface area contributed by atoms with Gasteiger partial charge in [0.15, 0.2) is 11.5 Å². The first-order valence-corrected chi connectivity index (χ1v) is 13.1. The topological polar surface area (TPSA) is 97.4 Å². The predicted octanol–water partition coefficient (Wildman–Crippen LogP) is 2.35. The normalized spacial score (nSPS) is 14.4. The zero-order chi connectivity index (χ0) is 25.4. The van der Waals surface area contributed by atoms with Crippen molar-refractivity contribution in [3.8, 4) is 11.5 Å². The van der Waals surface area contributed by atoms with Crippen molar-refractivity contribution >= 4 is 21.6 Å². The summed E-state index contributed by atoms with van der Waals surface area (Å²) < 4.78 is 44.5. The number of carbonyl (C=O) groups is 1. The van der Waals surface area contributed by atoms with Crippen molar-refractivity contribution in [1.82, 2.24) is 10.2 Å². The van der Waals surface area contributed by atoms with Crippen molar-refractivity contribution in [1.29, 1.82) is 0 Å². The number of sulfonamides is 1. The van der Waals surface area contributed by atoms with E-state index in [9.17, 15) is 13.2 Å². The number of aryl methyl sites for hydroxylation is 2. The molecule has 0 atom stereocenters. The summed E-state index contributed by atoms with van der Waals surface area (Å²) in [6.45, 7) is 8.00. The maximum absolute atomic E-state index is 13.7. The smallest absolute Gasteiger partial charge is 0.264 e. The number of nitrogens with one attached hydrogen (secondary N) is 1. The van der Waals surface area contributed by atoms with Gasteiger partial charge in [0.2, 0.25) is 5.91 Å². The average molecular weight is 506 g/mol. The summed E-state index contributed by atoms with van der Waals surface area (Å²) in [4.78, 5) is 15.2. The highest BCUT2D eigenvalue weighted by atomic mass is 32.2. The van der Waals surface area contributed by atoms with Crippen molar-refractivity contribution in [3.63, 3.8) is 0 Å². The van der Waals surface area contributed by atoms with Crippen LogP contribution in [0.15, 0.2) is 41.3 Å². The molecule has 0 bridgehead atoms. The van der Waals surface area contributed by atoms with Crippen LogP contribution >= 0.6 is 0 Å². The third kappa shape index (κ3) is 7.09. The van der Waals surface area contributed by atoms with Gasteiger partial charge in [0.05, 0.1) is 38.0 Å². The summed E-state index contributed by atoms with van der Waals surface area (Å²) in [6, 6.07) is 9.87. The van der Waals surface area contributed by atoms with E-state index in [1.165, 1.54) is 32.4 Å². The molecule has 0 unspecified atom stereocenters. The highest BCUT2D eigenvalue weighted by Crippen LogP contribution is 2.32. The van der Waals surface area contributed by atoms with Gasteiger partial charge in [-0.15, -0.1) is 0 Å². The molecule has 0 radical (unpaired) electrons. The van der Waals surface area contributed by atoms with Gasteiger partial charge in [-0.1, -0.05) is 6.07 Å². The number of benzene rings is 2. The van der Waals surface area contributed by atoms with Crippen LogP contribution < -0.4 is 19.1 Å². The summed E-state index contributed by atoms with van der Waals surface area (Å²) in [5, 5.41) is 2.87. The van der Waals surface area contributed by atoms with E-state index >= 15 is 0 Å². The first kappa shape index (κ1) is 26.8. The molecule has 3 rings (SSSR count). The standard InChI is InChI=1S/C25H35N3O6S/c1-19-14-20(2)16-21(15-19)28(18-25(29)26-8-5-9-27-10-12-34-13-11-27)35(30,31)22-6-7-23(32-3)24(17-22)33-4/h6-7,14-17H,5,8-13,18H2,1-4H3,(H,26,29). The molecule has 192 valence electrons. The van der Waals surface area contributed by atoms with E-state index in [-0.39, 0.29) is 17.3 Å². The zero-order valence-electron chi connectivity index (χ0n) is 20.9. The maximum atomic E-state index is 13.7. The molecule has 0 aromatic heterocycles. The minimum Gasteiger partial charge on any atom is -0.493 e. The minimum absolute atomic E-state index is 0.00873. The summed E-state index contributed by atoms with van der Waals surface area (Å²) >= 11 is 0. The van der Waals surface area contributed by atoms with Gasteiger partial charge in [0.25, 0.3) is 10.0 Å². The van der Waals surface area contributed by atoms with Crippen molar-refractivity contribution in [2.75, 3.05) is 64.5 Å². The number of methoxy groups -OCH3 is 2. The van der Waals surface area contributed by atoms with Gasteiger partial charge < -0.3 is 19.5 Å². The molecule has 2 aromatic carbocycles. The molecule has 0 aliphatic carbocycles. The fourth-order valence-electron chi connectivity index (χ4n) is 4.06. The van der Waals surface area contributed by atoms with Crippen LogP contribution in [0.2, 0.25) is 0 Å². The Morgan fingerprint density at radius 3 is 2.31 bits per heavy atom. The van der Waals surface area contributed by atoms with Crippen LogP contribution in [0.3, 0.4) is 0 Å². The second kappa shape index (κ2) is 12.2. The van der Waals surface area contributed by atoms with Crippen LogP contribution in [0, 0.1) is 13.8 Å². The molecule has 1 N–H and O–H groups in total. The van der Waals surface area contributed by atoms with E-state index in [2.05, 4.69) is 10.2 Å². The Morgan fingerprint density at radius 1 is 1.03 bits per heavy atom. The van der Waals surface area contributed by atoms with Crippen LogP contribution in [0.25, 0.3) is 0 Å². The van der Waals surface area contributed by atoms with Gasteiger partial charge in [-0.3, -0.25) is 14.0 Å². The molecular weight excluding hydrogens is 470 g/mol. The van der Waals surface area contributed by atoms with Crippen LogP contribution in [-0.4, -0.2) is 79.4 Å². The molecule has 10 heteroatoms. The lowest BCUT2D eigenvalue weighted by atomic mass is 10.1. The molecule has 1 heterocycles. The number of hydrogen-bond donors (Lipinski definition) is 1.